The summed E-state index contributed by atoms with van der Waals surface area (Å²) < 4.78 is 10.2. The number of hydrogen-bond donors (Lipinski definition) is 1. The van der Waals surface area contributed by atoms with Crippen molar-refractivity contribution in [2.24, 2.45) is 5.92 Å². The molecule has 1 saturated heterocycles. The number of nitrogens with zero attached hydrogens (tertiary/aromatic N) is 2. The lowest BCUT2D eigenvalue weighted by molar-refractivity contribution is -0.141. The molecule has 17 heavy (non-hydrogen) atoms. The van der Waals surface area contributed by atoms with E-state index in [9.17, 15) is 9.90 Å². The van der Waals surface area contributed by atoms with Gasteiger partial charge in [-0.1, -0.05) is 0 Å². The van der Waals surface area contributed by atoms with Crippen LogP contribution in [-0.4, -0.2) is 54.3 Å². The molecule has 0 radical (unpaired) electrons. The van der Waals surface area contributed by atoms with Crippen LogP contribution >= 0.6 is 0 Å². The van der Waals surface area contributed by atoms with E-state index in [0.717, 1.165) is 6.54 Å². The van der Waals surface area contributed by atoms with Crippen molar-refractivity contribution < 1.29 is 19.1 Å². The number of carbonyl (C=O) groups is 1. The molecule has 1 aromatic rings. The van der Waals surface area contributed by atoms with Crippen molar-refractivity contribution in [3.8, 4) is 0 Å². The summed E-state index contributed by atoms with van der Waals surface area (Å²) in [5.41, 5.74) is 0. The Morgan fingerprint density at radius 3 is 3.12 bits per heavy atom. The van der Waals surface area contributed by atoms with Crippen LogP contribution in [0, 0.1) is 5.92 Å². The minimum absolute atomic E-state index is 0.119. The predicted molar refractivity (Wildman–Crippen MR) is 58.7 cm³/mol. The molecule has 0 spiro atoms. The Morgan fingerprint density at radius 2 is 2.53 bits per heavy atom. The Morgan fingerprint density at radius 1 is 1.71 bits per heavy atom. The molecule has 1 fully saturated rings. The van der Waals surface area contributed by atoms with E-state index in [-0.39, 0.29) is 5.92 Å². The van der Waals surface area contributed by atoms with Crippen LogP contribution in [0.4, 0.5) is 0 Å². The molecule has 0 aliphatic carbocycles. The molecule has 0 aromatic carbocycles. The average molecular weight is 240 g/mol. The number of rotatable bonds is 5. The first-order valence-corrected chi connectivity index (χ1v) is 5.55. The van der Waals surface area contributed by atoms with Gasteiger partial charge in [0, 0.05) is 32.7 Å². The number of methoxy groups -OCH3 is 1. The molecule has 2 rings (SSSR count). The molecule has 0 bridgehead atoms. The quantitative estimate of drug-likeness (QED) is 0.804. The number of aromatic nitrogens is 1. The lowest BCUT2D eigenvalue weighted by Crippen LogP contribution is -2.26. The summed E-state index contributed by atoms with van der Waals surface area (Å²) in [4.78, 5) is 17.1. The van der Waals surface area contributed by atoms with Gasteiger partial charge in [-0.3, -0.25) is 9.69 Å². The van der Waals surface area contributed by atoms with E-state index in [1.165, 1.54) is 6.39 Å². The van der Waals surface area contributed by atoms with Crippen LogP contribution in [0.5, 0.6) is 0 Å². The fourth-order valence-electron chi connectivity index (χ4n) is 2.24. The molecule has 0 amide bonds. The van der Waals surface area contributed by atoms with Crippen LogP contribution < -0.4 is 0 Å². The predicted octanol–water partition coefficient (Wildman–Crippen LogP) is 0.421. The van der Waals surface area contributed by atoms with Gasteiger partial charge in [0.15, 0.2) is 6.39 Å². The summed E-state index contributed by atoms with van der Waals surface area (Å²) in [7, 11) is 1.64. The highest BCUT2D eigenvalue weighted by molar-refractivity contribution is 5.72. The second-order valence-electron chi connectivity index (χ2n) is 4.21. The minimum atomic E-state index is -0.786. The van der Waals surface area contributed by atoms with Gasteiger partial charge in [0.1, 0.15) is 5.76 Å². The van der Waals surface area contributed by atoms with Gasteiger partial charge in [0.2, 0.25) is 0 Å². The average Bonchev–Trinajstić information content (AvgIpc) is 2.94. The largest absolute Gasteiger partial charge is 0.481 e. The van der Waals surface area contributed by atoms with Crippen LogP contribution in [0.1, 0.15) is 11.7 Å². The van der Waals surface area contributed by atoms with Crippen LogP contribution in [0.15, 0.2) is 17.0 Å². The number of aliphatic carboxylic acids is 1. The zero-order valence-electron chi connectivity index (χ0n) is 9.70. The second kappa shape index (κ2) is 5.29. The van der Waals surface area contributed by atoms with E-state index in [1.807, 2.05) is 0 Å². The third kappa shape index (κ3) is 2.65. The normalized spacial score (nSPS) is 25.2. The SMILES string of the molecule is COCCN1CC(C(=O)O)C(c2cnco2)C1. The Kier molecular flexibility index (Phi) is 3.75. The monoisotopic (exact) mass is 240 g/mol. The van der Waals surface area contributed by atoms with E-state index in [1.54, 1.807) is 13.3 Å². The molecule has 6 nitrogen and oxygen atoms in total. The maximum absolute atomic E-state index is 11.2. The molecular weight excluding hydrogens is 224 g/mol. The minimum Gasteiger partial charge on any atom is -0.481 e. The highest BCUT2D eigenvalue weighted by Gasteiger charge is 2.39. The van der Waals surface area contributed by atoms with Gasteiger partial charge in [0.05, 0.1) is 18.7 Å². The lowest BCUT2D eigenvalue weighted by atomic mass is 9.94. The van der Waals surface area contributed by atoms with Gasteiger partial charge < -0.3 is 14.3 Å². The number of ether oxygens (including phenoxy) is 1. The molecule has 1 N–H and O–H groups in total. The number of carboxylic acid groups (broad SMARTS) is 1. The first-order valence-electron chi connectivity index (χ1n) is 5.55. The summed E-state index contributed by atoms with van der Waals surface area (Å²) in [6.07, 6.45) is 2.94. The van der Waals surface area contributed by atoms with Gasteiger partial charge in [-0.25, -0.2) is 4.98 Å². The number of hydrogen-bond acceptors (Lipinski definition) is 5. The fourth-order valence-corrected chi connectivity index (χ4v) is 2.24. The molecule has 1 aromatic heterocycles. The second-order valence-corrected chi connectivity index (χ2v) is 4.21. The van der Waals surface area contributed by atoms with Gasteiger partial charge in [-0.05, 0) is 0 Å². The topological polar surface area (TPSA) is 75.8 Å². The van der Waals surface area contributed by atoms with Gasteiger partial charge >= 0.3 is 5.97 Å². The van der Waals surface area contributed by atoms with Crippen LogP contribution in [0.25, 0.3) is 0 Å². The first-order chi connectivity index (χ1) is 8.22. The standard InChI is InChI=1S/C11H16N2O4/c1-16-3-2-13-5-8(9(6-13)11(14)15)10-4-12-7-17-10/h4,7-9H,2-3,5-6H2,1H3,(H,14,15). The van der Waals surface area contributed by atoms with Crippen molar-refractivity contribution in [2.45, 2.75) is 5.92 Å². The maximum atomic E-state index is 11.2. The van der Waals surface area contributed by atoms with Crippen molar-refractivity contribution >= 4 is 5.97 Å². The lowest BCUT2D eigenvalue weighted by Gasteiger charge is -2.13. The summed E-state index contributed by atoms with van der Waals surface area (Å²) in [6.45, 7) is 2.56. The van der Waals surface area contributed by atoms with Crippen LogP contribution in [-0.2, 0) is 9.53 Å². The zero-order chi connectivity index (χ0) is 12.3. The zero-order valence-corrected chi connectivity index (χ0v) is 9.70. The molecule has 2 unspecified atom stereocenters. The molecule has 1 aliphatic rings. The van der Waals surface area contributed by atoms with Gasteiger partial charge in [0.25, 0.3) is 0 Å². The molecule has 1 aliphatic heterocycles. The fraction of sp³-hybridized carbons (Fsp3) is 0.636. The Hall–Kier alpha value is -1.40. The Balaban J connectivity index is 2.06. The number of oxazole rings is 1. The summed E-state index contributed by atoms with van der Waals surface area (Å²) >= 11 is 0. The molecule has 2 heterocycles. The number of likely N-dealkylation sites (tertiary alicyclic amines) is 1. The molecule has 2 atom stereocenters. The van der Waals surface area contributed by atoms with Crippen molar-refractivity contribution in [1.29, 1.82) is 0 Å². The highest BCUT2D eigenvalue weighted by Crippen LogP contribution is 2.32. The van der Waals surface area contributed by atoms with Crippen molar-refractivity contribution in [1.82, 2.24) is 9.88 Å². The smallest absolute Gasteiger partial charge is 0.308 e. The van der Waals surface area contributed by atoms with E-state index < -0.39 is 11.9 Å². The van der Waals surface area contributed by atoms with Gasteiger partial charge in [-0.2, -0.15) is 0 Å². The Labute approximate surface area is 99.2 Å². The van der Waals surface area contributed by atoms with Crippen LogP contribution in [0.3, 0.4) is 0 Å². The van der Waals surface area contributed by atoms with E-state index in [0.29, 0.717) is 25.5 Å². The molecule has 94 valence electrons. The van der Waals surface area contributed by atoms with Gasteiger partial charge in [-0.15, -0.1) is 0 Å². The van der Waals surface area contributed by atoms with E-state index in [4.69, 9.17) is 9.15 Å². The van der Waals surface area contributed by atoms with Crippen molar-refractivity contribution in [2.75, 3.05) is 33.4 Å². The first kappa shape index (κ1) is 12.1. The van der Waals surface area contributed by atoms with Crippen molar-refractivity contribution in [3.05, 3.63) is 18.4 Å². The third-order valence-corrected chi connectivity index (χ3v) is 3.14. The number of carboxylic acids is 1. The Bertz CT molecular complexity index is 366. The van der Waals surface area contributed by atoms with Crippen LogP contribution in [0.2, 0.25) is 0 Å². The van der Waals surface area contributed by atoms with E-state index >= 15 is 0 Å². The third-order valence-electron chi connectivity index (χ3n) is 3.14. The molecule has 0 saturated carbocycles. The summed E-state index contributed by atoms with van der Waals surface area (Å²) in [5, 5.41) is 9.21. The molecule has 6 heteroatoms. The summed E-state index contributed by atoms with van der Waals surface area (Å²) in [6, 6.07) is 0. The molecular formula is C11H16N2O4. The summed E-state index contributed by atoms with van der Waals surface area (Å²) in [5.74, 6) is -0.685. The highest BCUT2D eigenvalue weighted by atomic mass is 16.5. The maximum Gasteiger partial charge on any atom is 0.308 e. The van der Waals surface area contributed by atoms with E-state index in [2.05, 4.69) is 9.88 Å². The van der Waals surface area contributed by atoms with Crippen molar-refractivity contribution in [3.63, 3.8) is 0 Å².